The molecule has 0 aliphatic carbocycles. The molecule has 0 aromatic carbocycles. The van der Waals surface area contributed by atoms with Crippen molar-refractivity contribution in [1.29, 1.82) is 0 Å². The lowest BCUT2D eigenvalue weighted by Gasteiger charge is -2.23. The van der Waals surface area contributed by atoms with Crippen LogP contribution in [0.25, 0.3) is 0 Å². The maximum absolute atomic E-state index is 11.7. The van der Waals surface area contributed by atoms with Crippen molar-refractivity contribution in [2.75, 3.05) is 26.7 Å². The van der Waals surface area contributed by atoms with Gasteiger partial charge in [-0.05, 0) is 20.4 Å². The van der Waals surface area contributed by atoms with Gasteiger partial charge in [-0.15, -0.1) is 0 Å². The monoisotopic (exact) mass is 243 g/mol. The maximum atomic E-state index is 11.7. The lowest BCUT2D eigenvalue weighted by molar-refractivity contribution is -0.130. The fraction of sp³-hybridized carbons (Fsp3) is 0.833. The van der Waals surface area contributed by atoms with Gasteiger partial charge in [0, 0.05) is 26.1 Å². The topological polar surface area (TPSA) is 70.2 Å². The lowest BCUT2D eigenvalue weighted by atomic mass is 9.92. The number of nitrogens with one attached hydrogen (secondary N) is 3. The van der Waals surface area contributed by atoms with E-state index in [1.807, 2.05) is 13.8 Å². The predicted octanol–water partition coefficient (Wildman–Crippen LogP) is 0.120. The van der Waals surface area contributed by atoms with Crippen molar-refractivity contribution in [3.05, 3.63) is 0 Å². The highest BCUT2D eigenvalue weighted by molar-refractivity contribution is 5.83. The Morgan fingerprint density at radius 2 is 1.88 bits per heavy atom. The minimum absolute atomic E-state index is 0.0251. The van der Waals surface area contributed by atoms with Gasteiger partial charge < -0.3 is 16.0 Å². The molecule has 0 aromatic rings. The summed E-state index contributed by atoms with van der Waals surface area (Å²) in [5, 5.41) is 8.52. The molecule has 0 spiro atoms. The summed E-state index contributed by atoms with van der Waals surface area (Å²) in [5.41, 5.74) is -0.581. The van der Waals surface area contributed by atoms with E-state index in [1.54, 1.807) is 20.9 Å². The molecule has 0 saturated carbocycles. The Labute approximate surface area is 104 Å². The molecule has 100 valence electrons. The second-order valence-electron chi connectivity index (χ2n) is 4.89. The summed E-state index contributed by atoms with van der Waals surface area (Å²) < 4.78 is 0. The van der Waals surface area contributed by atoms with Gasteiger partial charge in [-0.1, -0.05) is 13.8 Å². The van der Waals surface area contributed by atoms with Gasteiger partial charge in [0.15, 0.2) is 0 Å². The minimum atomic E-state index is -0.581. The molecule has 5 nitrogen and oxygen atoms in total. The number of amides is 2. The van der Waals surface area contributed by atoms with E-state index in [9.17, 15) is 9.59 Å². The van der Waals surface area contributed by atoms with E-state index < -0.39 is 5.41 Å². The Bertz CT molecular complexity index is 264. The molecule has 3 N–H and O–H groups in total. The molecule has 0 bridgehead atoms. The van der Waals surface area contributed by atoms with Gasteiger partial charge in [-0.25, -0.2) is 0 Å². The molecular formula is C12H25N3O2. The van der Waals surface area contributed by atoms with Crippen LogP contribution in [0.3, 0.4) is 0 Å². The smallest absolute Gasteiger partial charge is 0.227 e. The predicted molar refractivity (Wildman–Crippen MR) is 68.6 cm³/mol. The van der Waals surface area contributed by atoms with Gasteiger partial charge in [0.1, 0.15) is 0 Å². The Morgan fingerprint density at radius 3 is 2.35 bits per heavy atom. The summed E-state index contributed by atoms with van der Waals surface area (Å²) in [6, 6.07) is 0. The Kier molecular flexibility index (Phi) is 6.80. The zero-order valence-corrected chi connectivity index (χ0v) is 11.5. The molecular weight excluding hydrogens is 218 g/mol. The molecule has 2 amide bonds. The first-order valence-electron chi connectivity index (χ1n) is 6.05. The first kappa shape index (κ1) is 15.9. The van der Waals surface area contributed by atoms with E-state index >= 15 is 0 Å². The summed E-state index contributed by atoms with van der Waals surface area (Å²) in [7, 11) is 1.60. The van der Waals surface area contributed by atoms with Crippen molar-refractivity contribution in [3.8, 4) is 0 Å². The number of rotatable bonds is 7. The van der Waals surface area contributed by atoms with Crippen LogP contribution in [0.4, 0.5) is 0 Å². The van der Waals surface area contributed by atoms with E-state index in [0.29, 0.717) is 13.1 Å². The highest BCUT2D eigenvalue weighted by atomic mass is 16.2. The molecule has 17 heavy (non-hydrogen) atoms. The fourth-order valence-corrected chi connectivity index (χ4v) is 1.35. The van der Waals surface area contributed by atoms with E-state index in [-0.39, 0.29) is 17.7 Å². The van der Waals surface area contributed by atoms with Crippen molar-refractivity contribution < 1.29 is 9.59 Å². The van der Waals surface area contributed by atoms with Crippen molar-refractivity contribution >= 4 is 11.8 Å². The van der Waals surface area contributed by atoms with E-state index in [2.05, 4.69) is 16.0 Å². The van der Waals surface area contributed by atoms with Gasteiger partial charge >= 0.3 is 0 Å². The van der Waals surface area contributed by atoms with Gasteiger partial charge in [0.05, 0.1) is 5.41 Å². The van der Waals surface area contributed by atoms with Gasteiger partial charge in [0.2, 0.25) is 11.8 Å². The zero-order valence-electron chi connectivity index (χ0n) is 11.5. The van der Waals surface area contributed by atoms with Gasteiger partial charge in [-0.2, -0.15) is 0 Å². The zero-order chi connectivity index (χ0) is 13.5. The summed E-state index contributed by atoms with van der Waals surface area (Å²) in [5.74, 6) is -0.185. The van der Waals surface area contributed by atoms with E-state index in [1.165, 1.54) is 0 Å². The fourth-order valence-electron chi connectivity index (χ4n) is 1.35. The lowest BCUT2D eigenvalue weighted by Crippen LogP contribution is -2.45. The van der Waals surface area contributed by atoms with Crippen LogP contribution in [-0.2, 0) is 9.59 Å². The Hall–Kier alpha value is -1.10. The third-order valence-electron chi connectivity index (χ3n) is 2.69. The number of hydrogen-bond donors (Lipinski definition) is 3. The molecule has 0 aliphatic rings. The second-order valence-corrected chi connectivity index (χ2v) is 4.89. The minimum Gasteiger partial charge on any atom is -0.359 e. The van der Waals surface area contributed by atoms with Crippen molar-refractivity contribution in [2.45, 2.75) is 27.7 Å². The van der Waals surface area contributed by atoms with E-state index in [0.717, 1.165) is 6.54 Å². The molecule has 0 aromatic heterocycles. The van der Waals surface area contributed by atoms with Crippen molar-refractivity contribution in [2.24, 2.45) is 11.3 Å². The maximum Gasteiger partial charge on any atom is 0.227 e. The standard InChI is InChI=1S/C12H25N3O2/c1-6-14-7-9(2)10(16)15-8-12(3,4)11(17)13-5/h9,14H,6-8H2,1-5H3,(H,13,17)(H,15,16). The van der Waals surface area contributed by atoms with Gasteiger partial charge in [0.25, 0.3) is 0 Å². The van der Waals surface area contributed by atoms with E-state index in [4.69, 9.17) is 0 Å². The molecule has 0 aliphatic heterocycles. The third kappa shape index (κ3) is 5.68. The van der Waals surface area contributed by atoms with Crippen LogP contribution in [0, 0.1) is 11.3 Å². The Morgan fingerprint density at radius 1 is 1.29 bits per heavy atom. The average Bonchev–Trinajstić information content (AvgIpc) is 2.31. The molecule has 0 heterocycles. The van der Waals surface area contributed by atoms with Crippen LogP contribution in [0.5, 0.6) is 0 Å². The largest absolute Gasteiger partial charge is 0.359 e. The van der Waals surface area contributed by atoms with Gasteiger partial charge in [-0.3, -0.25) is 9.59 Å². The number of hydrogen-bond acceptors (Lipinski definition) is 3. The molecule has 0 rings (SSSR count). The Balaban J connectivity index is 4.10. The summed E-state index contributed by atoms with van der Waals surface area (Å²) >= 11 is 0. The molecule has 0 radical (unpaired) electrons. The molecule has 1 atom stereocenters. The highest BCUT2D eigenvalue weighted by Gasteiger charge is 2.27. The number of carbonyl (C=O) groups excluding carboxylic acids is 2. The first-order chi connectivity index (χ1) is 7.85. The molecule has 0 fully saturated rings. The number of carbonyl (C=O) groups is 2. The first-order valence-corrected chi connectivity index (χ1v) is 6.05. The van der Waals surface area contributed by atoms with Crippen LogP contribution in [0.2, 0.25) is 0 Å². The van der Waals surface area contributed by atoms with Crippen LogP contribution < -0.4 is 16.0 Å². The summed E-state index contributed by atoms with van der Waals surface area (Å²) in [6.45, 7) is 9.33. The van der Waals surface area contributed by atoms with Crippen LogP contribution >= 0.6 is 0 Å². The summed E-state index contributed by atoms with van der Waals surface area (Å²) in [4.78, 5) is 23.2. The molecule has 5 heteroatoms. The van der Waals surface area contributed by atoms with Crippen molar-refractivity contribution in [3.63, 3.8) is 0 Å². The summed E-state index contributed by atoms with van der Waals surface area (Å²) in [6.07, 6.45) is 0. The quantitative estimate of drug-likeness (QED) is 0.595. The second kappa shape index (κ2) is 7.27. The van der Waals surface area contributed by atoms with Crippen LogP contribution in [-0.4, -0.2) is 38.5 Å². The highest BCUT2D eigenvalue weighted by Crippen LogP contribution is 2.13. The molecule has 1 unspecified atom stereocenters. The van der Waals surface area contributed by atoms with Crippen LogP contribution in [0.1, 0.15) is 27.7 Å². The van der Waals surface area contributed by atoms with Crippen LogP contribution in [0.15, 0.2) is 0 Å². The molecule has 0 saturated heterocycles. The third-order valence-corrected chi connectivity index (χ3v) is 2.69. The average molecular weight is 243 g/mol. The normalized spacial score (nSPS) is 13.0. The SMILES string of the molecule is CCNCC(C)C(=O)NCC(C)(C)C(=O)NC. The van der Waals surface area contributed by atoms with Crippen molar-refractivity contribution in [1.82, 2.24) is 16.0 Å².